The molecule has 0 radical (unpaired) electrons. The maximum atomic E-state index is 12.7. The third kappa shape index (κ3) is 6.71. The monoisotopic (exact) mass is 519 g/mol. The molecule has 0 fully saturated rings. The summed E-state index contributed by atoms with van der Waals surface area (Å²) in [5.74, 6) is 0.0909. The largest absolute Gasteiger partial charge is 0.489 e. The van der Waals surface area contributed by atoms with Crippen molar-refractivity contribution in [3.63, 3.8) is 0 Å². The standard InChI is InChI=1S/C27H22ClN3O4S/c28-22-13-15-24(16-14-22)36(33,34)31-26-12-5-4-11-25(26)27(32)30-29-18-21-9-6-10-23(17-21)35-19-20-7-2-1-3-8-20/h1-18,31H,19H2,(H,30,32)/b29-18-. The predicted octanol–water partition coefficient (Wildman–Crippen LogP) is 5.48. The summed E-state index contributed by atoms with van der Waals surface area (Å²) in [6.45, 7) is 0.431. The summed E-state index contributed by atoms with van der Waals surface area (Å²) < 4.78 is 33.7. The highest BCUT2D eigenvalue weighted by molar-refractivity contribution is 7.92. The second-order valence-electron chi connectivity index (χ2n) is 7.65. The van der Waals surface area contributed by atoms with Gasteiger partial charge in [-0.1, -0.05) is 66.2 Å². The average Bonchev–Trinajstić information content (AvgIpc) is 2.89. The number of para-hydroxylation sites is 1. The molecule has 0 saturated heterocycles. The first-order valence-electron chi connectivity index (χ1n) is 10.9. The molecule has 0 spiro atoms. The lowest BCUT2D eigenvalue weighted by Gasteiger charge is -2.12. The molecule has 182 valence electrons. The van der Waals surface area contributed by atoms with Crippen molar-refractivity contribution in [1.82, 2.24) is 5.43 Å². The van der Waals surface area contributed by atoms with Crippen molar-refractivity contribution in [2.75, 3.05) is 4.72 Å². The maximum Gasteiger partial charge on any atom is 0.273 e. The van der Waals surface area contributed by atoms with Gasteiger partial charge < -0.3 is 4.74 Å². The zero-order chi connectivity index (χ0) is 25.4. The van der Waals surface area contributed by atoms with Crippen molar-refractivity contribution in [2.24, 2.45) is 5.10 Å². The van der Waals surface area contributed by atoms with Crippen molar-refractivity contribution in [2.45, 2.75) is 11.5 Å². The van der Waals surface area contributed by atoms with Gasteiger partial charge in [-0.15, -0.1) is 0 Å². The van der Waals surface area contributed by atoms with Crippen LogP contribution in [0.5, 0.6) is 5.75 Å². The van der Waals surface area contributed by atoms with E-state index >= 15 is 0 Å². The molecule has 0 aliphatic carbocycles. The summed E-state index contributed by atoms with van der Waals surface area (Å²) >= 11 is 5.84. The van der Waals surface area contributed by atoms with Crippen molar-refractivity contribution in [1.29, 1.82) is 0 Å². The Bertz CT molecular complexity index is 1470. The van der Waals surface area contributed by atoms with E-state index in [2.05, 4.69) is 15.2 Å². The minimum absolute atomic E-state index is 0.0227. The van der Waals surface area contributed by atoms with Crippen molar-refractivity contribution < 1.29 is 17.9 Å². The molecule has 4 rings (SSSR count). The lowest BCUT2D eigenvalue weighted by molar-refractivity contribution is 0.0956. The van der Waals surface area contributed by atoms with Crippen LogP contribution in [0.3, 0.4) is 0 Å². The molecule has 0 aromatic heterocycles. The van der Waals surface area contributed by atoms with Crippen molar-refractivity contribution in [3.05, 3.63) is 125 Å². The Hall–Kier alpha value is -4.14. The van der Waals surface area contributed by atoms with Gasteiger partial charge in [-0.3, -0.25) is 9.52 Å². The number of hydrogen-bond acceptors (Lipinski definition) is 5. The summed E-state index contributed by atoms with van der Waals surface area (Å²) in [7, 11) is -3.92. The first kappa shape index (κ1) is 25.0. The molecule has 0 unspecified atom stereocenters. The molecule has 0 aliphatic heterocycles. The second kappa shape index (κ2) is 11.5. The van der Waals surface area contributed by atoms with Gasteiger partial charge in [-0.2, -0.15) is 5.10 Å². The van der Waals surface area contributed by atoms with E-state index in [9.17, 15) is 13.2 Å². The summed E-state index contributed by atoms with van der Waals surface area (Å²) in [6, 6.07) is 29.1. The Morgan fingerprint density at radius 3 is 2.39 bits per heavy atom. The number of benzene rings is 4. The minimum atomic E-state index is -3.92. The number of ether oxygens (including phenoxy) is 1. The molecule has 0 aliphatic rings. The highest BCUT2D eigenvalue weighted by Crippen LogP contribution is 2.21. The van der Waals surface area contributed by atoms with Crippen LogP contribution in [0.1, 0.15) is 21.5 Å². The maximum absolute atomic E-state index is 12.7. The molecular weight excluding hydrogens is 498 g/mol. The van der Waals surface area contributed by atoms with Gasteiger partial charge in [0, 0.05) is 5.02 Å². The molecule has 9 heteroatoms. The smallest absolute Gasteiger partial charge is 0.273 e. The molecule has 1 amide bonds. The zero-order valence-corrected chi connectivity index (χ0v) is 20.5. The fourth-order valence-electron chi connectivity index (χ4n) is 3.24. The fourth-order valence-corrected chi connectivity index (χ4v) is 4.44. The average molecular weight is 520 g/mol. The molecule has 2 N–H and O–H groups in total. The van der Waals surface area contributed by atoms with Gasteiger partial charge in [0.2, 0.25) is 0 Å². The van der Waals surface area contributed by atoms with Gasteiger partial charge in [0.25, 0.3) is 15.9 Å². The molecular formula is C27H22ClN3O4S. The Labute approximate surface area is 214 Å². The first-order valence-corrected chi connectivity index (χ1v) is 12.7. The number of amides is 1. The summed E-state index contributed by atoms with van der Waals surface area (Å²) in [4.78, 5) is 12.8. The van der Waals surface area contributed by atoms with Gasteiger partial charge in [-0.05, 0) is 59.7 Å². The number of nitrogens with one attached hydrogen (secondary N) is 2. The summed E-state index contributed by atoms with van der Waals surface area (Å²) in [5.41, 5.74) is 4.45. The Morgan fingerprint density at radius 1 is 0.889 bits per heavy atom. The van der Waals surface area contributed by atoms with E-state index in [0.717, 1.165) is 11.1 Å². The number of halogens is 1. The molecule has 0 saturated carbocycles. The van der Waals surface area contributed by atoms with Crippen LogP contribution < -0.4 is 14.9 Å². The number of nitrogens with zero attached hydrogens (tertiary/aromatic N) is 1. The third-order valence-electron chi connectivity index (χ3n) is 5.03. The van der Waals surface area contributed by atoms with E-state index in [1.165, 1.54) is 42.6 Å². The molecule has 4 aromatic carbocycles. The molecule has 7 nitrogen and oxygen atoms in total. The number of hydrazone groups is 1. The topological polar surface area (TPSA) is 96.9 Å². The van der Waals surface area contributed by atoms with E-state index < -0.39 is 15.9 Å². The van der Waals surface area contributed by atoms with Crippen LogP contribution in [0, 0.1) is 0 Å². The number of anilines is 1. The normalized spacial score (nSPS) is 11.2. The predicted molar refractivity (Wildman–Crippen MR) is 141 cm³/mol. The van der Waals surface area contributed by atoms with Crippen LogP contribution in [0.2, 0.25) is 5.02 Å². The lowest BCUT2D eigenvalue weighted by atomic mass is 10.2. The van der Waals surface area contributed by atoms with Crippen LogP contribution in [0.15, 0.2) is 113 Å². The van der Waals surface area contributed by atoms with E-state index in [0.29, 0.717) is 17.4 Å². The number of carbonyl (C=O) groups excluding carboxylic acids is 1. The van der Waals surface area contributed by atoms with E-state index in [1.54, 1.807) is 18.2 Å². The lowest BCUT2D eigenvalue weighted by Crippen LogP contribution is -2.21. The van der Waals surface area contributed by atoms with Gasteiger partial charge in [0.1, 0.15) is 12.4 Å². The molecule has 36 heavy (non-hydrogen) atoms. The van der Waals surface area contributed by atoms with Crippen molar-refractivity contribution >= 4 is 39.4 Å². The number of sulfonamides is 1. The number of carbonyl (C=O) groups is 1. The minimum Gasteiger partial charge on any atom is -0.489 e. The SMILES string of the molecule is O=C(N/N=C\c1cccc(OCc2ccccc2)c1)c1ccccc1NS(=O)(=O)c1ccc(Cl)cc1. The summed E-state index contributed by atoms with van der Waals surface area (Å²) in [6.07, 6.45) is 1.48. The van der Waals surface area contributed by atoms with Gasteiger partial charge >= 0.3 is 0 Å². The van der Waals surface area contributed by atoms with E-state index in [4.69, 9.17) is 16.3 Å². The van der Waals surface area contributed by atoms with Crippen LogP contribution in [-0.4, -0.2) is 20.5 Å². The van der Waals surface area contributed by atoms with E-state index in [-0.39, 0.29) is 16.1 Å². The van der Waals surface area contributed by atoms with Gasteiger partial charge in [0.05, 0.1) is 22.4 Å². The van der Waals surface area contributed by atoms with Gasteiger partial charge in [-0.25, -0.2) is 13.8 Å². The second-order valence-corrected chi connectivity index (χ2v) is 9.77. The quantitative estimate of drug-likeness (QED) is 0.226. The van der Waals surface area contributed by atoms with Crippen molar-refractivity contribution in [3.8, 4) is 5.75 Å². The Morgan fingerprint density at radius 2 is 1.61 bits per heavy atom. The molecule has 4 aromatic rings. The number of rotatable bonds is 9. The summed E-state index contributed by atoms with van der Waals surface area (Å²) in [5, 5.41) is 4.43. The van der Waals surface area contributed by atoms with Crippen LogP contribution in [0.25, 0.3) is 0 Å². The van der Waals surface area contributed by atoms with Crippen LogP contribution in [0.4, 0.5) is 5.69 Å². The number of hydrogen-bond donors (Lipinski definition) is 2. The fraction of sp³-hybridized carbons (Fsp3) is 0.0370. The van der Waals surface area contributed by atoms with Gasteiger partial charge in [0.15, 0.2) is 0 Å². The van der Waals surface area contributed by atoms with Crippen LogP contribution in [-0.2, 0) is 16.6 Å². The highest BCUT2D eigenvalue weighted by atomic mass is 35.5. The molecule has 0 bridgehead atoms. The Kier molecular flexibility index (Phi) is 7.99. The van der Waals surface area contributed by atoms with E-state index in [1.807, 2.05) is 48.5 Å². The highest BCUT2D eigenvalue weighted by Gasteiger charge is 2.18. The zero-order valence-electron chi connectivity index (χ0n) is 19.0. The van der Waals surface area contributed by atoms with Crippen LogP contribution >= 0.6 is 11.6 Å². The Balaban J connectivity index is 1.41. The first-order chi connectivity index (χ1) is 17.4. The molecule has 0 heterocycles. The molecule has 0 atom stereocenters. The third-order valence-corrected chi connectivity index (χ3v) is 6.66.